The molecule has 2 saturated heterocycles. The number of nitrogens with one attached hydrogen (secondary N) is 1. The van der Waals surface area contributed by atoms with E-state index in [1.165, 1.54) is 22.3 Å². The van der Waals surface area contributed by atoms with E-state index < -0.39 is 0 Å². The fraction of sp³-hybridized carbons (Fsp3) is 0.381. The Labute approximate surface area is 152 Å². The van der Waals surface area contributed by atoms with Gasteiger partial charge in [-0.2, -0.15) is 0 Å². The van der Waals surface area contributed by atoms with E-state index >= 15 is 0 Å². The zero-order valence-corrected chi connectivity index (χ0v) is 14.4. The average Bonchev–Trinajstić information content (AvgIpc) is 3.24. The number of alkyl carbamates (subject to hydrolysis) is 1. The van der Waals surface area contributed by atoms with E-state index in [1.807, 2.05) is 12.1 Å². The van der Waals surface area contributed by atoms with Gasteiger partial charge in [-0.3, -0.25) is 0 Å². The van der Waals surface area contributed by atoms with Crippen LogP contribution in [-0.2, 0) is 14.2 Å². The predicted molar refractivity (Wildman–Crippen MR) is 96.1 cm³/mol. The first-order chi connectivity index (χ1) is 12.8. The summed E-state index contributed by atoms with van der Waals surface area (Å²) < 4.78 is 16.3. The molecule has 3 atom stereocenters. The van der Waals surface area contributed by atoms with Crippen LogP contribution in [0.3, 0.4) is 0 Å². The van der Waals surface area contributed by atoms with Gasteiger partial charge in [0.05, 0.1) is 19.3 Å². The zero-order valence-electron chi connectivity index (χ0n) is 14.4. The van der Waals surface area contributed by atoms with Crippen molar-refractivity contribution >= 4 is 6.09 Å². The Balaban J connectivity index is 1.18. The molecule has 0 radical (unpaired) electrons. The number of hydrogen-bond acceptors (Lipinski definition) is 4. The van der Waals surface area contributed by atoms with Gasteiger partial charge in [0.1, 0.15) is 12.2 Å². The van der Waals surface area contributed by atoms with Crippen LogP contribution in [0.1, 0.15) is 23.5 Å². The molecule has 3 aliphatic rings. The van der Waals surface area contributed by atoms with Gasteiger partial charge in [-0.05, 0) is 22.3 Å². The van der Waals surface area contributed by atoms with E-state index in [9.17, 15) is 4.79 Å². The largest absolute Gasteiger partial charge is 0.449 e. The Morgan fingerprint density at radius 2 is 1.77 bits per heavy atom. The van der Waals surface area contributed by atoms with Crippen molar-refractivity contribution in [1.29, 1.82) is 0 Å². The molecule has 0 bridgehead atoms. The van der Waals surface area contributed by atoms with E-state index in [4.69, 9.17) is 14.2 Å². The molecule has 0 aromatic heterocycles. The number of fused-ring (bicyclic) bond motifs is 4. The molecule has 2 fully saturated rings. The van der Waals surface area contributed by atoms with Crippen molar-refractivity contribution < 1.29 is 19.0 Å². The van der Waals surface area contributed by atoms with E-state index in [-0.39, 0.29) is 30.3 Å². The van der Waals surface area contributed by atoms with Crippen molar-refractivity contribution in [3.63, 3.8) is 0 Å². The predicted octanol–water partition coefficient (Wildman–Crippen LogP) is 3.08. The van der Waals surface area contributed by atoms with E-state index in [2.05, 4.69) is 41.7 Å². The first-order valence-corrected chi connectivity index (χ1v) is 9.17. The molecule has 5 nitrogen and oxygen atoms in total. The highest BCUT2D eigenvalue weighted by molar-refractivity contribution is 5.79. The first kappa shape index (κ1) is 15.9. The summed E-state index contributed by atoms with van der Waals surface area (Å²) in [5.74, 6) is 0.161. The zero-order chi connectivity index (χ0) is 17.5. The molecule has 1 N–H and O–H groups in total. The van der Waals surface area contributed by atoms with Gasteiger partial charge in [0.15, 0.2) is 0 Å². The maximum absolute atomic E-state index is 12.1. The van der Waals surface area contributed by atoms with E-state index in [1.54, 1.807) is 0 Å². The van der Waals surface area contributed by atoms with Gasteiger partial charge in [-0.1, -0.05) is 48.5 Å². The molecule has 0 saturated carbocycles. The molecule has 26 heavy (non-hydrogen) atoms. The Hall–Kier alpha value is -2.37. The highest BCUT2D eigenvalue weighted by Crippen LogP contribution is 2.44. The van der Waals surface area contributed by atoms with Crippen molar-refractivity contribution in [3.8, 4) is 11.1 Å². The average molecular weight is 351 g/mol. The third-order valence-electron chi connectivity index (χ3n) is 5.51. The van der Waals surface area contributed by atoms with E-state index in [0.29, 0.717) is 26.2 Å². The summed E-state index contributed by atoms with van der Waals surface area (Å²) >= 11 is 0. The number of amides is 1. The van der Waals surface area contributed by atoms with Crippen LogP contribution >= 0.6 is 0 Å². The maximum atomic E-state index is 12.1. The molecule has 5 rings (SSSR count). The van der Waals surface area contributed by atoms with Gasteiger partial charge in [0.25, 0.3) is 0 Å². The van der Waals surface area contributed by atoms with Gasteiger partial charge >= 0.3 is 6.09 Å². The number of epoxide rings is 1. The SMILES string of the molecule is O=C(NCC1c2ccccc2-c2ccccc21)OCC[C@H]1OC[C@H]2O[C@@H]12. The summed E-state index contributed by atoms with van der Waals surface area (Å²) in [4.78, 5) is 12.1. The number of ether oxygens (including phenoxy) is 3. The van der Waals surface area contributed by atoms with Crippen molar-refractivity contribution in [2.75, 3.05) is 19.8 Å². The summed E-state index contributed by atoms with van der Waals surface area (Å²) in [7, 11) is 0. The molecule has 0 spiro atoms. The van der Waals surface area contributed by atoms with Crippen molar-refractivity contribution in [2.24, 2.45) is 0 Å². The number of carbonyl (C=O) groups is 1. The van der Waals surface area contributed by atoms with Crippen LogP contribution < -0.4 is 5.32 Å². The summed E-state index contributed by atoms with van der Waals surface area (Å²) in [6.07, 6.45) is 0.868. The molecule has 1 amide bonds. The smallest absolute Gasteiger partial charge is 0.407 e. The second kappa shape index (κ2) is 6.41. The molecule has 0 unspecified atom stereocenters. The number of benzene rings is 2. The molecule has 5 heteroatoms. The standard InChI is InChI=1S/C21H21NO4/c23-21(24-10-9-18-20-19(26-20)12-25-18)22-11-17-15-7-3-1-5-13(15)14-6-2-4-8-16(14)17/h1-8,17-20H,9-12H2,(H,22,23)/t18-,19-,20+/m1/s1. The lowest BCUT2D eigenvalue weighted by Crippen LogP contribution is -2.30. The molecule has 134 valence electrons. The fourth-order valence-electron chi connectivity index (χ4n) is 4.16. The Kier molecular flexibility index (Phi) is 3.91. The Morgan fingerprint density at radius 3 is 2.38 bits per heavy atom. The summed E-state index contributed by atoms with van der Waals surface area (Å²) in [5.41, 5.74) is 5.01. The molecular weight excluding hydrogens is 330 g/mol. The third kappa shape index (κ3) is 2.77. The minimum atomic E-state index is -0.377. The molecule has 2 aliphatic heterocycles. The Morgan fingerprint density at radius 1 is 1.08 bits per heavy atom. The second-order valence-corrected chi connectivity index (χ2v) is 7.04. The first-order valence-electron chi connectivity index (χ1n) is 9.17. The lowest BCUT2D eigenvalue weighted by atomic mass is 9.97. The Bertz CT molecular complexity index is 791. The number of rotatable bonds is 5. The second-order valence-electron chi connectivity index (χ2n) is 7.04. The molecular formula is C21H21NO4. The molecule has 2 aromatic rings. The van der Waals surface area contributed by atoms with Gasteiger partial charge in [0.2, 0.25) is 0 Å². The lowest BCUT2D eigenvalue weighted by molar-refractivity contribution is 0.0129. The highest BCUT2D eigenvalue weighted by atomic mass is 16.7. The minimum Gasteiger partial charge on any atom is -0.449 e. The van der Waals surface area contributed by atoms with Crippen LogP contribution in [0, 0.1) is 0 Å². The topological polar surface area (TPSA) is 60.1 Å². The monoisotopic (exact) mass is 351 g/mol. The van der Waals surface area contributed by atoms with Crippen LogP contribution in [-0.4, -0.2) is 44.2 Å². The minimum absolute atomic E-state index is 0.0707. The lowest BCUT2D eigenvalue weighted by Gasteiger charge is -2.15. The van der Waals surface area contributed by atoms with Crippen LogP contribution in [0.4, 0.5) is 4.79 Å². The highest BCUT2D eigenvalue weighted by Gasteiger charge is 2.51. The molecule has 2 heterocycles. The van der Waals surface area contributed by atoms with Crippen molar-refractivity contribution in [1.82, 2.24) is 5.32 Å². The van der Waals surface area contributed by atoms with Crippen LogP contribution in [0.5, 0.6) is 0 Å². The summed E-state index contributed by atoms with van der Waals surface area (Å²) in [6, 6.07) is 16.8. The number of carbonyl (C=O) groups excluding carboxylic acids is 1. The fourth-order valence-corrected chi connectivity index (χ4v) is 4.16. The molecule has 2 aromatic carbocycles. The quantitative estimate of drug-likeness (QED) is 0.841. The van der Waals surface area contributed by atoms with Crippen LogP contribution in [0.15, 0.2) is 48.5 Å². The van der Waals surface area contributed by atoms with Crippen LogP contribution in [0.25, 0.3) is 11.1 Å². The summed E-state index contributed by atoms with van der Waals surface area (Å²) in [6.45, 7) is 1.55. The molecule has 1 aliphatic carbocycles. The number of hydrogen-bond donors (Lipinski definition) is 1. The van der Waals surface area contributed by atoms with E-state index in [0.717, 1.165) is 0 Å². The van der Waals surface area contributed by atoms with Gasteiger partial charge in [0, 0.05) is 18.9 Å². The maximum Gasteiger partial charge on any atom is 0.407 e. The van der Waals surface area contributed by atoms with Crippen molar-refractivity contribution in [2.45, 2.75) is 30.7 Å². The summed E-state index contributed by atoms with van der Waals surface area (Å²) in [5, 5.41) is 2.92. The van der Waals surface area contributed by atoms with Crippen molar-refractivity contribution in [3.05, 3.63) is 59.7 Å². The van der Waals surface area contributed by atoms with Gasteiger partial charge < -0.3 is 19.5 Å². The third-order valence-corrected chi connectivity index (χ3v) is 5.51. The van der Waals surface area contributed by atoms with Crippen LogP contribution in [0.2, 0.25) is 0 Å². The van der Waals surface area contributed by atoms with Gasteiger partial charge in [-0.15, -0.1) is 0 Å². The normalized spacial score (nSPS) is 25.3. The van der Waals surface area contributed by atoms with Gasteiger partial charge in [-0.25, -0.2) is 4.79 Å².